The second-order valence-electron chi connectivity index (χ2n) is 6.31. The number of carbonyl (C=O) groups excluding carboxylic acids is 2. The van der Waals surface area contributed by atoms with Crippen molar-refractivity contribution in [1.29, 1.82) is 5.26 Å². The Morgan fingerprint density at radius 1 is 1.14 bits per heavy atom. The van der Waals surface area contributed by atoms with E-state index < -0.39 is 0 Å². The van der Waals surface area contributed by atoms with E-state index in [1.807, 2.05) is 30.3 Å². The highest BCUT2D eigenvalue weighted by Gasteiger charge is 2.34. The lowest BCUT2D eigenvalue weighted by Crippen LogP contribution is -2.29. The summed E-state index contributed by atoms with van der Waals surface area (Å²) in [5.41, 5.74) is 2.21. The number of hydrogen-bond acceptors (Lipinski definition) is 6. The van der Waals surface area contributed by atoms with Crippen LogP contribution < -0.4 is 4.74 Å². The quantitative estimate of drug-likeness (QED) is 0.481. The Bertz CT molecular complexity index is 964. The van der Waals surface area contributed by atoms with E-state index in [-0.39, 0.29) is 11.1 Å². The maximum absolute atomic E-state index is 12.4. The molecule has 0 aliphatic carbocycles. The molecule has 0 N–H and O–H groups in total. The zero-order valence-electron chi connectivity index (χ0n) is 16.0. The smallest absolute Gasteiger partial charge is 0.293 e. The zero-order valence-corrected chi connectivity index (χ0v) is 16.8. The third-order valence-electron chi connectivity index (χ3n) is 4.31. The molecule has 7 heteroatoms. The summed E-state index contributed by atoms with van der Waals surface area (Å²) in [4.78, 5) is 26.1. The number of ether oxygens (including phenoxy) is 2. The predicted molar refractivity (Wildman–Crippen MR) is 111 cm³/mol. The summed E-state index contributed by atoms with van der Waals surface area (Å²) in [7, 11) is 1.59. The SMILES string of the molecule is COCCCN1C(=O)S/C(=C/c2ccc(OCc3ccccc3C#N)cc2)C1=O. The van der Waals surface area contributed by atoms with Gasteiger partial charge in [0.15, 0.2) is 0 Å². The molecule has 6 nitrogen and oxygen atoms in total. The van der Waals surface area contributed by atoms with E-state index >= 15 is 0 Å². The average molecular weight is 408 g/mol. The van der Waals surface area contributed by atoms with Crippen LogP contribution in [0.2, 0.25) is 0 Å². The van der Waals surface area contributed by atoms with Crippen molar-refractivity contribution in [2.75, 3.05) is 20.3 Å². The van der Waals surface area contributed by atoms with E-state index in [1.165, 1.54) is 4.90 Å². The molecule has 0 bridgehead atoms. The summed E-state index contributed by atoms with van der Waals surface area (Å²) in [6.07, 6.45) is 2.32. The molecule has 2 aromatic rings. The van der Waals surface area contributed by atoms with Crippen LogP contribution in [0.5, 0.6) is 5.75 Å². The van der Waals surface area contributed by atoms with Gasteiger partial charge in [-0.05, 0) is 48.0 Å². The lowest BCUT2D eigenvalue weighted by molar-refractivity contribution is -0.122. The van der Waals surface area contributed by atoms with Crippen LogP contribution >= 0.6 is 11.8 Å². The average Bonchev–Trinajstić information content (AvgIpc) is 3.01. The molecule has 3 rings (SSSR count). The highest BCUT2D eigenvalue weighted by atomic mass is 32.2. The van der Waals surface area contributed by atoms with Crippen molar-refractivity contribution in [3.8, 4) is 11.8 Å². The largest absolute Gasteiger partial charge is 0.489 e. The Balaban J connectivity index is 1.62. The van der Waals surface area contributed by atoms with Crippen LogP contribution in [0.3, 0.4) is 0 Å². The molecular formula is C22H20N2O4S. The van der Waals surface area contributed by atoms with Crippen molar-refractivity contribution in [2.45, 2.75) is 13.0 Å². The van der Waals surface area contributed by atoms with Gasteiger partial charge in [0.2, 0.25) is 0 Å². The van der Waals surface area contributed by atoms with Gasteiger partial charge in [-0.15, -0.1) is 0 Å². The maximum Gasteiger partial charge on any atom is 0.293 e. The molecule has 148 valence electrons. The molecule has 0 radical (unpaired) electrons. The second kappa shape index (κ2) is 9.92. The summed E-state index contributed by atoms with van der Waals surface area (Å²) < 4.78 is 10.7. The molecule has 0 atom stereocenters. The molecule has 1 fully saturated rings. The number of methoxy groups -OCH3 is 1. The molecule has 1 aliphatic rings. The molecule has 0 aromatic heterocycles. The van der Waals surface area contributed by atoms with Gasteiger partial charge in [-0.1, -0.05) is 30.3 Å². The minimum absolute atomic E-state index is 0.256. The Morgan fingerprint density at radius 2 is 1.90 bits per heavy atom. The molecule has 2 aromatic carbocycles. The fourth-order valence-electron chi connectivity index (χ4n) is 2.79. The van der Waals surface area contributed by atoms with Crippen molar-refractivity contribution >= 4 is 29.0 Å². The van der Waals surface area contributed by atoms with Crippen LogP contribution in [0.15, 0.2) is 53.4 Å². The minimum Gasteiger partial charge on any atom is -0.489 e. The molecule has 0 spiro atoms. The Kier molecular flexibility index (Phi) is 7.06. The van der Waals surface area contributed by atoms with Gasteiger partial charge in [0.05, 0.1) is 16.5 Å². The molecular weight excluding hydrogens is 388 g/mol. The number of imide groups is 1. The van der Waals surface area contributed by atoms with Crippen LogP contribution in [-0.4, -0.2) is 36.3 Å². The fraction of sp³-hybridized carbons (Fsp3) is 0.227. The van der Waals surface area contributed by atoms with Gasteiger partial charge in [-0.3, -0.25) is 14.5 Å². The van der Waals surface area contributed by atoms with E-state index in [1.54, 1.807) is 31.4 Å². The molecule has 1 heterocycles. The number of nitriles is 1. The summed E-state index contributed by atoms with van der Waals surface area (Å²) in [5.74, 6) is 0.382. The van der Waals surface area contributed by atoms with Crippen molar-refractivity contribution in [3.63, 3.8) is 0 Å². The van der Waals surface area contributed by atoms with E-state index in [2.05, 4.69) is 6.07 Å². The topological polar surface area (TPSA) is 79.6 Å². The van der Waals surface area contributed by atoms with Gasteiger partial charge in [0.25, 0.3) is 11.1 Å². The first kappa shape index (κ1) is 20.6. The van der Waals surface area contributed by atoms with Gasteiger partial charge in [-0.2, -0.15) is 5.26 Å². The lowest BCUT2D eigenvalue weighted by atomic mass is 10.1. The van der Waals surface area contributed by atoms with E-state index in [0.29, 0.717) is 42.4 Å². The van der Waals surface area contributed by atoms with Gasteiger partial charge in [0, 0.05) is 25.8 Å². The van der Waals surface area contributed by atoms with Crippen molar-refractivity contribution in [2.24, 2.45) is 0 Å². The molecule has 0 saturated carbocycles. The van der Waals surface area contributed by atoms with E-state index in [0.717, 1.165) is 22.9 Å². The highest BCUT2D eigenvalue weighted by molar-refractivity contribution is 8.18. The molecule has 0 unspecified atom stereocenters. The first-order chi connectivity index (χ1) is 14.1. The van der Waals surface area contributed by atoms with Crippen molar-refractivity contribution < 1.29 is 19.1 Å². The zero-order chi connectivity index (χ0) is 20.6. The Labute approximate surface area is 173 Å². The molecule has 29 heavy (non-hydrogen) atoms. The summed E-state index contributed by atoms with van der Waals surface area (Å²) in [5, 5.41) is 8.88. The first-order valence-corrected chi connectivity index (χ1v) is 9.89. The minimum atomic E-state index is -0.274. The van der Waals surface area contributed by atoms with Crippen LogP contribution in [0, 0.1) is 11.3 Å². The number of amides is 2. The lowest BCUT2D eigenvalue weighted by Gasteiger charge is -2.11. The third kappa shape index (κ3) is 5.25. The van der Waals surface area contributed by atoms with Crippen molar-refractivity contribution in [1.82, 2.24) is 4.90 Å². The van der Waals surface area contributed by atoms with Crippen LogP contribution in [0.25, 0.3) is 6.08 Å². The van der Waals surface area contributed by atoms with Gasteiger partial charge < -0.3 is 9.47 Å². The fourth-order valence-corrected chi connectivity index (χ4v) is 3.65. The Morgan fingerprint density at radius 3 is 2.62 bits per heavy atom. The Hall–Kier alpha value is -3.08. The molecule has 2 amide bonds. The monoisotopic (exact) mass is 408 g/mol. The van der Waals surface area contributed by atoms with E-state index in [9.17, 15) is 9.59 Å². The van der Waals surface area contributed by atoms with Gasteiger partial charge in [0.1, 0.15) is 12.4 Å². The van der Waals surface area contributed by atoms with Crippen LogP contribution in [-0.2, 0) is 16.1 Å². The third-order valence-corrected chi connectivity index (χ3v) is 5.22. The number of carbonyl (C=O) groups is 2. The number of benzene rings is 2. The van der Waals surface area contributed by atoms with Crippen molar-refractivity contribution in [3.05, 3.63) is 70.1 Å². The maximum atomic E-state index is 12.4. The van der Waals surface area contributed by atoms with Gasteiger partial charge >= 0.3 is 0 Å². The number of thioether (sulfide) groups is 1. The molecule has 1 saturated heterocycles. The van der Waals surface area contributed by atoms with Crippen LogP contribution in [0.4, 0.5) is 4.79 Å². The van der Waals surface area contributed by atoms with E-state index in [4.69, 9.17) is 14.7 Å². The first-order valence-electron chi connectivity index (χ1n) is 9.07. The normalized spacial score (nSPS) is 15.0. The predicted octanol–water partition coefficient (Wildman–Crippen LogP) is 4.21. The summed E-state index contributed by atoms with van der Waals surface area (Å²) in [6.45, 7) is 1.15. The van der Waals surface area contributed by atoms with Crippen LogP contribution in [0.1, 0.15) is 23.1 Å². The summed E-state index contributed by atoms with van der Waals surface area (Å²) >= 11 is 0.946. The molecule has 1 aliphatic heterocycles. The van der Waals surface area contributed by atoms with Gasteiger partial charge in [-0.25, -0.2) is 0 Å². The number of rotatable bonds is 8. The standard InChI is InChI=1S/C22H20N2O4S/c1-27-12-4-11-24-21(25)20(29-22(24)26)13-16-7-9-19(10-8-16)28-15-18-6-3-2-5-17(18)14-23/h2-3,5-10,13H,4,11-12,15H2,1H3/b20-13+. The summed E-state index contributed by atoms with van der Waals surface area (Å²) in [6, 6.07) is 16.7. The number of hydrogen-bond donors (Lipinski definition) is 0. The number of nitrogens with zero attached hydrogens (tertiary/aromatic N) is 2. The second-order valence-corrected chi connectivity index (χ2v) is 7.30. The highest BCUT2D eigenvalue weighted by Crippen LogP contribution is 2.32.